The molecule has 0 radical (unpaired) electrons. The standard InChI is InChI=1S/C19H18ClN5O/c1-11(2)17(15-7-8-24-26-15)25-9-14(12-3-5-13(20)6-4-12)16-18(21)22-10-23-19(16)25/h3-11,17H,1-2H3,(H2,21,22,23). The number of halogens is 1. The summed E-state index contributed by atoms with van der Waals surface area (Å²) in [5, 5.41) is 5.37. The van der Waals surface area contributed by atoms with E-state index in [1.54, 1.807) is 6.20 Å². The minimum absolute atomic E-state index is 0.0599. The van der Waals surface area contributed by atoms with Crippen molar-refractivity contribution in [3.05, 3.63) is 59.8 Å². The molecule has 2 N–H and O–H groups in total. The van der Waals surface area contributed by atoms with Gasteiger partial charge in [-0.1, -0.05) is 42.7 Å². The van der Waals surface area contributed by atoms with Gasteiger partial charge in [0.25, 0.3) is 0 Å². The number of hydrogen-bond acceptors (Lipinski definition) is 5. The van der Waals surface area contributed by atoms with Crippen LogP contribution in [0.15, 0.2) is 53.6 Å². The molecule has 0 fully saturated rings. The van der Waals surface area contributed by atoms with Crippen LogP contribution in [0.25, 0.3) is 22.2 Å². The van der Waals surface area contributed by atoms with Gasteiger partial charge in [0.15, 0.2) is 5.76 Å². The van der Waals surface area contributed by atoms with E-state index in [0.29, 0.717) is 10.8 Å². The first kappa shape index (κ1) is 16.6. The third kappa shape index (κ3) is 2.72. The zero-order valence-corrected chi connectivity index (χ0v) is 15.2. The summed E-state index contributed by atoms with van der Waals surface area (Å²) in [5.41, 5.74) is 8.93. The number of hydrogen-bond donors (Lipinski definition) is 1. The topological polar surface area (TPSA) is 82.8 Å². The minimum Gasteiger partial charge on any atom is -0.383 e. The Bertz CT molecular complexity index is 1040. The Labute approximate surface area is 155 Å². The second-order valence-corrected chi connectivity index (χ2v) is 6.95. The van der Waals surface area contributed by atoms with Gasteiger partial charge in [-0.3, -0.25) is 0 Å². The quantitative estimate of drug-likeness (QED) is 0.571. The van der Waals surface area contributed by atoms with E-state index in [1.165, 1.54) is 6.33 Å². The molecule has 3 heterocycles. The molecule has 0 bridgehead atoms. The highest BCUT2D eigenvalue weighted by Gasteiger charge is 2.26. The molecular formula is C19H18ClN5O. The normalized spacial score (nSPS) is 12.8. The molecule has 4 rings (SSSR count). The van der Waals surface area contributed by atoms with Crippen LogP contribution in [0.4, 0.5) is 5.82 Å². The Morgan fingerprint density at radius 1 is 1.12 bits per heavy atom. The number of fused-ring (bicyclic) bond motifs is 1. The second-order valence-electron chi connectivity index (χ2n) is 6.52. The van der Waals surface area contributed by atoms with Gasteiger partial charge in [-0.25, -0.2) is 9.97 Å². The van der Waals surface area contributed by atoms with Crippen molar-refractivity contribution in [3.8, 4) is 11.1 Å². The number of nitrogens with zero attached hydrogens (tertiary/aromatic N) is 4. The molecule has 0 aliphatic carbocycles. The zero-order valence-electron chi connectivity index (χ0n) is 14.4. The predicted octanol–water partition coefficient (Wildman–Crippen LogP) is 4.57. The molecule has 0 aliphatic heterocycles. The number of nitrogens with two attached hydrogens (primary N) is 1. The van der Waals surface area contributed by atoms with Crippen LogP contribution >= 0.6 is 11.6 Å². The van der Waals surface area contributed by atoms with E-state index in [1.807, 2.05) is 36.5 Å². The van der Waals surface area contributed by atoms with Crippen molar-refractivity contribution >= 4 is 28.5 Å². The van der Waals surface area contributed by atoms with Crippen LogP contribution < -0.4 is 5.73 Å². The summed E-state index contributed by atoms with van der Waals surface area (Å²) in [6.45, 7) is 4.26. The minimum atomic E-state index is -0.0599. The van der Waals surface area contributed by atoms with E-state index in [2.05, 4.69) is 33.5 Å². The highest BCUT2D eigenvalue weighted by atomic mass is 35.5. The molecule has 132 valence electrons. The van der Waals surface area contributed by atoms with E-state index >= 15 is 0 Å². The summed E-state index contributed by atoms with van der Waals surface area (Å²) in [7, 11) is 0. The SMILES string of the molecule is CC(C)C(c1ccno1)n1cc(-c2ccc(Cl)cc2)c2c(N)ncnc21. The Hall–Kier alpha value is -2.86. The molecule has 0 spiro atoms. The number of anilines is 1. The molecule has 1 aromatic carbocycles. The van der Waals surface area contributed by atoms with Gasteiger partial charge < -0.3 is 14.8 Å². The van der Waals surface area contributed by atoms with Gasteiger partial charge >= 0.3 is 0 Å². The predicted molar refractivity (Wildman–Crippen MR) is 102 cm³/mol. The maximum atomic E-state index is 6.21. The molecule has 1 atom stereocenters. The van der Waals surface area contributed by atoms with Crippen molar-refractivity contribution in [2.45, 2.75) is 19.9 Å². The van der Waals surface area contributed by atoms with Crippen LogP contribution in [-0.2, 0) is 0 Å². The van der Waals surface area contributed by atoms with Crippen molar-refractivity contribution in [2.75, 3.05) is 5.73 Å². The van der Waals surface area contributed by atoms with Gasteiger partial charge in [-0.15, -0.1) is 0 Å². The van der Waals surface area contributed by atoms with Gasteiger partial charge in [0, 0.05) is 22.8 Å². The summed E-state index contributed by atoms with van der Waals surface area (Å²) >= 11 is 6.04. The van der Waals surface area contributed by atoms with Gasteiger partial charge in [-0.05, 0) is 23.6 Å². The first-order valence-corrected chi connectivity index (χ1v) is 8.71. The van der Waals surface area contributed by atoms with Crippen molar-refractivity contribution in [1.29, 1.82) is 0 Å². The highest BCUT2D eigenvalue weighted by Crippen LogP contribution is 2.38. The van der Waals surface area contributed by atoms with Gasteiger partial charge in [0.2, 0.25) is 0 Å². The molecule has 0 saturated heterocycles. The van der Waals surface area contributed by atoms with E-state index in [-0.39, 0.29) is 12.0 Å². The average Bonchev–Trinajstić information content (AvgIpc) is 3.25. The van der Waals surface area contributed by atoms with Crippen molar-refractivity contribution < 1.29 is 4.52 Å². The van der Waals surface area contributed by atoms with Crippen molar-refractivity contribution in [1.82, 2.24) is 19.7 Å². The zero-order chi connectivity index (χ0) is 18.3. The molecule has 0 saturated carbocycles. The molecule has 3 aromatic heterocycles. The molecule has 6 nitrogen and oxygen atoms in total. The van der Waals surface area contributed by atoms with Crippen LogP contribution in [0.1, 0.15) is 25.6 Å². The summed E-state index contributed by atoms with van der Waals surface area (Å²) in [6.07, 6.45) is 5.18. The summed E-state index contributed by atoms with van der Waals surface area (Å²) in [6, 6.07) is 9.46. The summed E-state index contributed by atoms with van der Waals surface area (Å²) in [4.78, 5) is 8.69. The number of nitrogen functional groups attached to an aromatic ring is 1. The van der Waals surface area contributed by atoms with Gasteiger partial charge in [-0.2, -0.15) is 0 Å². The van der Waals surface area contributed by atoms with Gasteiger partial charge in [0.05, 0.1) is 17.6 Å². The van der Waals surface area contributed by atoms with Crippen LogP contribution in [0.5, 0.6) is 0 Å². The third-order valence-electron chi connectivity index (χ3n) is 4.47. The molecular weight excluding hydrogens is 350 g/mol. The third-order valence-corrected chi connectivity index (χ3v) is 4.73. The van der Waals surface area contributed by atoms with E-state index < -0.39 is 0 Å². The van der Waals surface area contributed by atoms with Gasteiger partial charge in [0.1, 0.15) is 17.8 Å². The summed E-state index contributed by atoms with van der Waals surface area (Å²) in [5.74, 6) is 1.48. The maximum absolute atomic E-state index is 6.21. The van der Waals surface area contributed by atoms with Crippen molar-refractivity contribution in [3.63, 3.8) is 0 Å². The fourth-order valence-corrected chi connectivity index (χ4v) is 3.46. The largest absolute Gasteiger partial charge is 0.383 e. The molecule has 4 aromatic rings. The Morgan fingerprint density at radius 2 is 1.88 bits per heavy atom. The smallest absolute Gasteiger partial charge is 0.159 e. The van der Waals surface area contributed by atoms with E-state index in [9.17, 15) is 0 Å². The lowest BCUT2D eigenvalue weighted by atomic mass is 10.0. The number of rotatable bonds is 4. The van der Waals surface area contributed by atoms with Crippen LogP contribution in [0.2, 0.25) is 5.02 Å². The van der Waals surface area contributed by atoms with E-state index in [0.717, 1.165) is 27.9 Å². The Morgan fingerprint density at radius 3 is 2.54 bits per heavy atom. The van der Waals surface area contributed by atoms with Crippen molar-refractivity contribution in [2.24, 2.45) is 5.92 Å². The monoisotopic (exact) mass is 367 g/mol. The lowest BCUT2D eigenvalue weighted by molar-refractivity contribution is 0.309. The summed E-state index contributed by atoms with van der Waals surface area (Å²) < 4.78 is 7.54. The maximum Gasteiger partial charge on any atom is 0.159 e. The Kier molecular flexibility index (Phi) is 4.12. The lowest BCUT2D eigenvalue weighted by Gasteiger charge is -2.20. The Balaban J connectivity index is 1.99. The average molecular weight is 368 g/mol. The van der Waals surface area contributed by atoms with Crippen LogP contribution in [0, 0.1) is 5.92 Å². The molecule has 1 unspecified atom stereocenters. The lowest BCUT2D eigenvalue weighted by Crippen LogP contribution is -2.15. The van der Waals surface area contributed by atoms with E-state index in [4.69, 9.17) is 21.9 Å². The molecule has 7 heteroatoms. The second kappa shape index (κ2) is 6.46. The number of aromatic nitrogens is 4. The molecule has 0 amide bonds. The first-order valence-electron chi connectivity index (χ1n) is 8.33. The fourth-order valence-electron chi connectivity index (χ4n) is 3.33. The molecule has 0 aliphatic rings. The fraction of sp³-hybridized carbons (Fsp3) is 0.211. The highest BCUT2D eigenvalue weighted by molar-refractivity contribution is 6.30. The molecule has 26 heavy (non-hydrogen) atoms. The van der Waals surface area contributed by atoms with Crippen LogP contribution in [-0.4, -0.2) is 19.7 Å². The number of benzene rings is 1. The first-order chi connectivity index (χ1) is 12.6. The van der Waals surface area contributed by atoms with Crippen LogP contribution in [0.3, 0.4) is 0 Å².